The average molecular weight is 360 g/mol. The maximum Gasteiger partial charge on any atom is 0.159 e. The second kappa shape index (κ2) is 6.65. The van der Waals surface area contributed by atoms with Crippen molar-refractivity contribution in [2.24, 2.45) is 5.41 Å². The molecule has 1 spiro atoms. The average Bonchev–Trinajstić information content (AvgIpc) is 2.64. The lowest BCUT2D eigenvalue weighted by Crippen LogP contribution is -2.61. The molecule has 2 heterocycles. The van der Waals surface area contributed by atoms with Gasteiger partial charge in [0.25, 0.3) is 0 Å². The summed E-state index contributed by atoms with van der Waals surface area (Å²) in [5.74, 6) is 0.693. The van der Waals surface area contributed by atoms with Gasteiger partial charge in [0.1, 0.15) is 0 Å². The van der Waals surface area contributed by atoms with Crippen molar-refractivity contribution in [1.29, 1.82) is 0 Å². The van der Waals surface area contributed by atoms with E-state index in [0.717, 1.165) is 43.6 Å². The van der Waals surface area contributed by atoms with Gasteiger partial charge in [0.2, 0.25) is 0 Å². The highest BCUT2D eigenvalue weighted by Crippen LogP contribution is 2.49. The highest BCUT2D eigenvalue weighted by Gasteiger charge is 2.54. The van der Waals surface area contributed by atoms with Crippen LogP contribution in [0.4, 0.5) is 0 Å². The molecule has 4 rings (SSSR count). The van der Waals surface area contributed by atoms with E-state index in [1.54, 1.807) is 0 Å². The van der Waals surface area contributed by atoms with Crippen molar-refractivity contribution in [3.63, 3.8) is 0 Å². The zero-order valence-corrected chi connectivity index (χ0v) is 14.7. The Labute approximate surface area is 152 Å². The molecule has 5 nitrogen and oxygen atoms in total. The van der Waals surface area contributed by atoms with Crippen molar-refractivity contribution in [3.8, 4) is 11.4 Å². The molecular weight excluding hydrogens is 338 g/mol. The smallest absolute Gasteiger partial charge is 0.159 e. The van der Waals surface area contributed by atoms with Crippen LogP contribution < -0.4 is 0 Å². The lowest BCUT2D eigenvalue weighted by Gasteiger charge is -2.55. The molecule has 1 saturated carbocycles. The van der Waals surface area contributed by atoms with Gasteiger partial charge >= 0.3 is 0 Å². The van der Waals surface area contributed by atoms with E-state index >= 15 is 0 Å². The van der Waals surface area contributed by atoms with Gasteiger partial charge in [0.05, 0.1) is 12.2 Å². The molecule has 2 aromatic rings. The summed E-state index contributed by atoms with van der Waals surface area (Å²) in [6, 6.07) is 7.50. The second-order valence-corrected chi connectivity index (χ2v) is 7.63. The number of hydrogen-bond donors (Lipinski definition) is 2. The summed E-state index contributed by atoms with van der Waals surface area (Å²) < 4.78 is 0. The van der Waals surface area contributed by atoms with Gasteiger partial charge in [-0.1, -0.05) is 11.6 Å². The Kier molecular flexibility index (Phi) is 4.50. The predicted octanol–water partition coefficient (Wildman–Crippen LogP) is 2.50. The Morgan fingerprint density at radius 1 is 1.04 bits per heavy atom. The highest BCUT2D eigenvalue weighted by molar-refractivity contribution is 6.30. The molecule has 1 aliphatic carbocycles. The Balaban J connectivity index is 1.37. The summed E-state index contributed by atoms with van der Waals surface area (Å²) in [5, 5.41) is 20.7. The Morgan fingerprint density at radius 3 is 2.20 bits per heavy atom. The van der Waals surface area contributed by atoms with Gasteiger partial charge in [-0.2, -0.15) is 0 Å². The summed E-state index contributed by atoms with van der Waals surface area (Å²) >= 11 is 5.91. The quantitative estimate of drug-likeness (QED) is 0.881. The lowest BCUT2D eigenvalue weighted by atomic mass is 9.58. The van der Waals surface area contributed by atoms with Gasteiger partial charge in [-0.15, -0.1) is 0 Å². The highest BCUT2D eigenvalue weighted by atomic mass is 35.5. The van der Waals surface area contributed by atoms with Gasteiger partial charge in [0.15, 0.2) is 5.82 Å². The van der Waals surface area contributed by atoms with E-state index in [1.165, 1.54) is 0 Å². The van der Waals surface area contributed by atoms with E-state index in [4.69, 9.17) is 11.6 Å². The molecule has 0 radical (unpaired) electrons. The third-order valence-corrected chi connectivity index (χ3v) is 6.03. The molecule has 0 unspecified atom stereocenters. The van der Waals surface area contributed by atoms with Crippen LogP contribution in [0.3, 0.4) is 0 Å². The molecule has 0 bridgehead atoms. The topological polar surface area (TPSA) is 69.5 Å². The van der Waals surface area contributed by atoms with Gasteiger partial charge < -0.3 is 10.2 Å². The molecule has 132 valence electrons. The number of hydrogen-bond acceptors (Lipinski definition) is 5. The number of piperidine rings is 1. The van der Waals surface area contributed by atoms with Gasteiger partial charge in [0, 0.05) is 46.9 Å². The molecule has 2 atom stereocenters. The van der Waals surface area contributed by atoms with Gasteiger partial charge in [-0.3, -0.25) is 4.90 Å². The monoisotopic (exact) mass is 359 g/mol. The Hall–Kier alpha value is -1.53. The molecule has 25 heavy (non-hydrogen) atoms. The SMILES string of the molecule is O[C@@H]1C[C@H](O)C12CCN(Cc1cnc(-c3ccc(Cl)cc3)nc1)CC2. The standard InChI is InChI=1S/C19H22ClN3O2/c20-15-3-1-14(2-4-15)18-21-10-13(11-22-18)12-23-7-5-19(6-8-23)16(24)9-17(19)25/h1-4,10-11,16-17,24-25H,5-9,12H2/t16-,17+. The third kappa shape index (κ3) is 3.17. The summed E-state index contributed by atoms with van der Waals surface area (Å²) in [6.07, 6.45) is 5.28. The van der Waals surface area contributed by atoms with Crippen LogP contribution in [0, 0.1) is 5.41 Å². The Morgan fingerprint density at radius 2 is 1.64 bits per heavy atom. The maximum absolute atomic E-state index is 10.0. The molecule has 1 saturated heterocycles. The van der Waals surface area contributed by atoms with Crippen molar-refractivity contribution in [1.82, 2.24) is 14.9 Å². The minimum absolute atomic E-state index is 0.258. The van der Waals surface area contributed by atoms with Crippen molar-refractivity contribution >= 4 is 11.6 Å². The summed E-state index contributed by atoms with van der Waals surface area (Å²) in [4.78, 5) is 11.3. The van der Waals surface area contributed by atoms with Crippen LogP contribution in [0.2, 0.25) is 5.02 Å². The molecular formula is C19H22ClN3O2. The van der Waals surface area contributed by atoms with Crippen LogP contribution in [-0.2, 0) is 6.54 Å². The maximum atomic E-state index is 10.0. The number of aromatic nitrogens is 2. The number of likely N-dealkylation sites (tertiary alicyclic amines) is 1. The molecule has 1 aromatic heterocycles. The zero-order chi connectivity index (χ0) is 17.4. The zero-order valence-electron chi connectivity index (χ0n) is 14.0. The fourth-order valence-corrected chi connectivity index (χ4v) is 4.11. The van der Waals surface area contributed by atoms with E-state index in [-0.39, 0.29) is 17.6 Å². The van der Waals surface area contributed by atoms with Crippen molar-refractivity contribution in [3.05, 3.63) is 47.2 Å². The summed E-state index contributed by atoms with van der Waals surface area (Å²) in [5.41, 5.74) is 1.76. The number of rotatable bonds is 3. The fourth-order valence-electron chi connectivity index (χ4n) is 3.98. The number of aliphatic hydroxyl groups excluding tert-OH is 2. The minimum atomic E-state index is -0.341. The van der Waals surface area contributed by atoms with E-state index < -0.39 is 0 Å². The lowest BCUT2D eigenvalue weighted by molar-refractivity contribution is -0.190. The predicted molar refractivity (Wildman–Crippen MR) is 96.1 cm³/mol. The molecule has 6 heteroatoms. The van der Waals surface area contributed by atoms with Crippen LogP contribution in [0.15, 0.2) is 36.7 Å². The van der Waals surface area contributed by atoms with Gasteiger partial charge in [-0.05, 0) is 50.2 Å². The number of aliphatic hydroxyl groups is 2. The number of nitrogens with zero attached hydrogens (tertiary/aromatic N) is 3. The first-order valence-electron chi connectivity index (χ1n) is 8.72. The first-order chi connectivity index (χ1) is 12.1. The first kappa shape index (κ1) is 16.9. The van der Waals surface area contributed by atoms with Crippen molar-refractivity contribution in [2.45, 2.75) is 38.0 Å². The van der Waals surface area contributed by atoms with Crippen LogP contribution in [0.25, 0.3) is 11.4 Å². The second-order valence-electron chi connectivity index (χ2n) is 7.20. The number of benzene rings is 1. The largest absolute Gasteiger partial charge is 0.392 e. The first-order valence-corrected chi connectivity index (χ1v) is 9.10. The van der Waals surface area contributed by atoms with E-state index in [1.807, 2.05) is 36.7 Å². The third-order valence-electron chi connectivity index (χ3n) is 5.77. The minimum Gasteiger partial charge on any atom is -0.392 e. The molecule has 0 amide bonds. The van der Waals surface area contributed by atoms with Crippen LogP contribution in [-0.4, -0.2) is 50.4 Å². The summed E-state index contributed by atoms with van der Waals surface area (Å²) in [6.45, 7) is 2.56. The van der Waals surface area contributed by atoms with E-state index in [0.29, 0.717) is 17.3 Å². The normalized spacial score (nSPS) is 25.7. The fraction of sp³-hybridized carbons (Fsp3) is 0.474. The molecule has 2 N–H and O–H groups in total. The van der Waals surface area contributed by atoms with Crippen LogP contribution >= 0.6 is 11.6 Å². The van der Waals surface area contributed by atoms with Crippen LogP contribution in [0.1, 0.15) is 24.8 Å². The molecule has 2 aliphatic rings. The molecule has 1 aromatic carbocycles. The Bertz CT molecular complexity index is 717. The molecule has 2 fully saturated rings. The molecule has 1 aliphatic heterocycles. The van der Waals surface area contributed by atoms with Crippen LogP contribution in [0.5, 0.6) is 0 Å². The number of halogens is 1. The van der Waals surface area contributed by atoms with Gasteiger partial charge in [-0.25, -0.2) is 9.97 Å². The van der Waals surface area contributed by atoms with E-state index in [2.05, 4.69) is 14.9 Å². The summed E-state index contributed by atoms with van der Waals surface area (Å²) in [7, 11) is 0. The van der Waals surface area contributed by atoms with Crippen molar-refractivity contribution < 1.29 is 10.2 Å². The van der Waals surface area contributed by atoms with E-state index in [9.17, 15) is 10.2 Å². The van der Waals surface area contributed by atoms with Crippen molar-refractivity contribution in [2.75, 3.05) is 13.1 Å².